The van der Waals surface area contributed by atoms with Gasteiger partial charge in [-0.1, -0.05) is 85.0 Å². The molecule has 0 saturated carbocycles. The van der Waals surface area contributed by atoms with Crippen molar-refractivity contribution in [1.29, 1.82) is 0 Å². The van der Waals surface area contributed by atoms with Crippen LogP contribution in [0.2, 0.25) is 5.28 Å². The minimum atomic E-state index is 0.198. The summed E-state index contributed by atoms with van der Waals surface area (Å²) in [6.45, 7) is 0. The maximum atomic E-state index is 6.16. The average molecular weight is 358 g/mol. The van der Waals surface area contributed by atoms with E-state index in [4.69, 9.17) is 11.6 Å². The third-order valence-corrected chi connectivity index (χ3v) is 4.28. The van der Waals surface area contributed by atoms with Crippen LogP contribution >= 0.6 is 11.6 Å². The minimum Gasteiger partial charge on any atom is -0.208 e. The molecule has 0 saturated heterocycles. The van der Waals surface area contributed by atoms with E-state index in [2.05, 4.69) is 51.4 Å². The monoisotopic (exact) mass is 357 g/mol. The zero-order chi connectivity index (χ0) is 17.8. The van der Waals surface area contributed by atoms with Gasteiger partial charge in [-0.05, 0) is 29.1 Å². The molecular weight excluding hydrogens is 342 g/mol. The third-order valence-electron chi connectivity index (χ3n) is 4.11. The van der Waals surface area contributed by atoms with E-state index >= 15 is 0 Å². The minimum absolute atomic E-state index is 0.198. The van der Waals surface area contributed by atoms with E-state index in [1.807, 2.05) is 48.6 Å². The molecule has 1 heterocycles. The molecule has 1 aliphatic rings. The maximum Gasteiger partial charge on any atom is 0.226 e. The number of aromatic nitrogens is 3. The molecule has 2 aromatic carbocycles. The number of hydrogen-bond acceptors (Lipinski definition) is 3. The van der Waals surface area contributed by atoms with Gasteiger partial charge in [0.05, 0.1) is 0 Å². The Morgan fingerprint density at radius 3 is 2.19 bits per heavy atom. The Morgan fingerprint density at radius 1 is 0.692 bits per heavy atom. The van der Waals surface area contributed by atoms with Gasteiger partial charge in [0.25, 0.3) is 0 Å². The molecule has 0 unspecified atom stereocenters. The van der Waals surface area contributed by atoms with E-state index in [1.54, 1.807) is 0 Å². The fourth-order valence-electron chi connectivity index (χ4n) is 2.80. The summed E-state index contributed by atoms with van der Waals surface area (Å²) in [5.41, 5.74) is 4.18. The summed E-state index contributed by atoms with van der Waals surface area (Å²) in [6.07, 6.45) is 11.0. The van der Waals surface area contributed by atoms with Gasteiger partial charge in [-0.25, -0.2) is 4.98 Å². The highest BCUT2D eigenvalue weighted by molar-refractivity contribution is 6.28. The fourth-order valence-corrected chi connectivity index (χ4v) is 2.96. The Balaban J connectivity index is 1.69. The first-order chi connectivity index (χ1) is 12.8. The molecule has 0 fully saturated rings. The fraction of sp³-hybridized carbons (Fsp3) is 0.0455. The van der Waals surface area contributed by atoms with Crippen LogP contribution in [0.1, 0.15) is 12.2 Å². The largest absolute Gasteiger partial charge is 0.226 e. The van der Waals surface area contributed by atoms with Crippen molar-refractivity contribution < 1.29 is 0 Å². The summed E-state index contributed by atoms with van der Waals surface area (Å²) in [6, 6.07) is 18.4. The molecule has 0 aliphatic heterocycles. The molecule has 4 rings (SSSR count). The zero-order valence-electron chi connectivity index (χ0n) is 14.0. The number of nitrogens with zero attached hydrogens (tertiary/aromatic N) is 3. The van der Waals surface area contributed by atoms with Crippen LogP contribution in [0.3, 0.4) is 0 Å². The molecule has 1 aromatic heterocycles. The lowest BCUT2D eigenvalue weighted by Crippen LogP contribution is -1.99. The molecule has 0 atom stereocenters. The lowest BCUT2D eigenvalue weighted by atomic mass is 10.0. The van der Waals surface area contributed by atoms with Crippen LogP contribution in [0.4, 0.5) is 0 Å². The van der Waals surface area contributed by atoms with E-state index in [9.17, 15) is 0 Å². The molecule has 126 valence electrons. The second kappa shape index (κ2) is 7.46. The average Bonchev–Trinajstić information content (AvgIpc) is 2.98. The van der Waals surface area contributed by atoms with Gasteiger partial charge in [0.2, 0.25) is 5.28 Å². The highest BCUT2D eigenvalue weighted by Crippen LogP contribution is 2.25. The third kappa shape index (κ3) is 3.63. The van der Waals surface area contributed by atoms with Gasteiger partial charge >= 0.3 is 0 Å². The van der Waals surface area contributed by atoms with Crippen molar-refractivity contribution in [2.75, 3.05) is 0 Å². The van der Waals surface area contributed by atoms with Crippen LogP contribution in [0.5, 0.6) is 0 Å². The Bertz CT molecular complexity index is 1000. The molecular formula is C22H16ClN3. The first kappa shape index (κ1) is 16.4. The van der Waals surface area contributed by atoms with Crippen molar-refractivity contribution in [3.63, 3.8) is 0 Å². The van der Waals surface area contributed by atoms with Crippen LogP contribution in [0.15, 0.2) is 85.0 Å². The van der Waals surface area contributed by atoms with Gasteiger partial charge in [-0.3, -0.25) is 0 Å². The zero-order valence-corrected chi connectivity index (χ0v) is 14.8. The SMILES string of the molecule is Clc1nc(C2=CCC=CC=C2)nc(-c2ccc(-c3ccccc3)cc2)n1. The van der Waals surface area contributed by atoms with Crippen molar-refractivity contribution in [3.8, 4) is 22.5 Å². The van der Waals surface area contributed by atoms with Gasteiger partial charge in [-0.2, -0.15) is 9.97 Å². The number of allylic oxidation sites excluding steroid dienone is 6. The van der Waals surface area contributed by atoms with Crippen molar-refractivity contribution in [2.24, 2.45) is 0 Å². The maximum absolute atomic E-state index is 6.16. The van der Waals surface area contributed by atoms with Gasteiger partial charge < -0.3 is 0 Å². The highest BCUT2D eigenvalue weighted by Gasteiger charge is 2.10. The quantitative estimate of drug-likeness (QED) is 0.598. The molecule has 3 aromatic rings. The number of hydrogen-bond donors (Lipinski definition) is 0. The van der Waals surface area contributed by atoms with E-state index in [1.165, 1.54) is 5.56 Å². The van der Waals surface area contributed by atoms with Crippen molar-refractivity contribution in [2.45, 2.75) is 6.42 Å². The van der Waals surface area contributed by atoms with E-state index in [-0.39, 0.29) is 5.28 Å². The number of halogens is 1. The van der Waals surface area contributed by atoms with Crippen LogP contribution in [-0.2, 0) is 0 Å². The summed E-state index contributed by atoms with van der Waals surface area (Å²) < 4.78 is 0. The molecule has 26 heavy (non-hydrogen) atoms. The van der Waals surface area contributed by atoms with Gasteiger partial charge in [0.1, 0.15) is 0 Å². The molecule has 0 spiro atoms. The van der Waals surface area contributed by atoms with Crippen LogP contribution < -0.4 is 0 Å². The Morgan fingerprint density at radius 2 is 1.38 bits per heavy atom. The Hall–Kier alpha value is -3.04. The standard InChI is InChI=1S/C22H16ClN3/c23-22-25-20(18-10-4-1-2-5-11-18)24-21(26-22)19-14-12-17(13-15-19)16-8-6-3-7-9-16/h1-4,6-15H,5H2. The van der Waals surface area contributed by atoms with Crippen LogP contribution in [0, 0.1) is 0 Å². The van der Waals surface area contributed by atoms with E-state index in [0.29, 0.717) is 11.6 Å². The summed E-state index contributed by atoms with van der Waals surface area (Å²) in [5.74, 6) is 1.17. The summed E-state index contributed by atoms with van der Waals surface area (Å²) in [7, 11) is 0. The topological polar surface area (TPSA) is 38.7 Å². The molecule has 0 amide bonds. The van der Waals surface area contributed by atoms with Crippen molar-refractivity contribution in [3.05, 3.63) is 96.1 Å². The summed E-state index contributed by atoms with van der Waals surface area (Å²) >= 11 is 6.16. The second-order valence-electron chi connectivity index (χ2n) is 5.88. The molecule has 4 heteroatoms. The Kier molecular flexibility index (Phi) is 4.71. The molecule has 0 N–H and O–H groups in total. The van der Waals surface area contributed by atoms with Gasteiger partial charge in [-0.15, -0.1) is 0 Å². The van der Waals surface area contributed by atoms with Crippen LogP contribution in [0.25, 0.3) is 28.1 Å². The summed E-state index contributed by atoms with van der Waals surface area (Å²) in [5, 5.41) is 0.198. The number of benzene rings is 2. The normalized spacial score (nSPS) is 13.3. The van der Waals surface area contributed by atoms with E-state index in [0.717, 1.165) is 23.1 Å². The van der Waals surface area contributed by atoms with Gasteiger partial charge in [0.15, 0.2) is 11.6 Å². The van der Waals surface area contributed by atoms with Gasteiger partial charge in [0, 0.05) is 11.1 Å². The highest BCUT2D eigenvalue weighted by atomic mass is 35.5. The molecule has 0 bridgehead atoms. The lowest BCUT2D eigenvalue weighted by Gasteiger charge is -2.07. The summed E-state index contributed by atoms with van der Waals surface area (Å²) in [4.78, 5) is 13.2. The van der Waals surface area contributed by atoms with Crippen LogP contribution in [-0.4, -0.2) is 15.0 Å². The first-order valence-corrected chi connectivity index (χ1v) is 8.78. The molecule has 3 nitrogen and oxygen atoms in total. The van der Waals surface area contributed by atoms with E-state index < -0.39 is 0 Å². The predicted octanol–water partition coefficient (Wildman–Crippen LogP) is 5.76. The lowest BCUT2D eigenvalue weighted by molar-refractivity contribution is 1.03. The Labute approximate surface area is 157 Å². The predicted molar refractivity (Wildman–Crippen MR) is 107 cm³/mol. The molecule has 0 radical (unpaired) electrons. The number of rotatable bonds is 3. The first-order valence-electron chi connectivity index (χ1n) is 8.41. The van der Waals surface area contributed by atoms with Crippen molar-refractivity contribution >= 4 is 17.2 Å². The second-order valence-corrected chi connectivity index (χ2v) is 6.22. The smallest absolute Gasteiger partial charge is 0.208 e. The van der Waals surface area contributed by atoms with Crippen molar-refractivity contribution in [1.82, 2.24) is 15.0 Å². The molecule has 1 aliphatic carbocycles.